The van der Waals surface area contributed by atoms with E-state index in [2.05, 4.69) is 26.5 Å². The molecule has 0 N–H and O–H groups in total. The van der Waals surface area contributed by atoms with Crippen molar-refractivity contribution in [2.24, 2.45) is 21.7 Å². The van der Waals surface area contributed by atoms with Crippen molar-refractivity contribution in [2.75, 3.05) is 0 Å². The van der Waals surface area contributed by atoms with E-state index in [0.717, 1.165) is 11.1 Å². The van der Waals surface area contributed by atoms with Crippen LogP contribution < -0.4 is 0 Å². The highest BCUT2D eigenvalue weighted by Crippen LogP contribution is 2.44. The van der Waals surface area contributed by atoms with Crippen LogP contribution in [0.4, 0.5) is 0 Å². The topological polar surface area (TPSA) is 60.4 Å². The first-order chi connectivity index (χ1) is 18.1. The number of benzene rings is 1. The number of ketones is 2. The summed E-state index contributed by atoms with van der Waals surface area (Å²) >= 11 is 0. The normalized spacial score (nSPS) is 17.6. The largest absolute Gasteiger partial charge is 0.414 e. The number of hydrogen-bond acceptors (Lipinski definition) is 4. The van der Waals surface area contributed by atoms with Gasteiger partial charge < -0.3 is 4.74 Å². The Hall–Kier alpha value is -3.49. The molecule has 1 aliphatic heterocycles. The zero-order valence-corrected chi connectivity index (χ0v) is 26.3. The van der Waals surface area contributed by atoms with Crippen molar-refractivity contribution in [1.82, 2.24) is 0 Å². The highest BCUT2D eigenvalue weighted by atomic mass is 16.5. The van der Waals surface area contributed by atoms with Crippen LogP contribution in [0.5, 0.6) is 0 Å². The fourth-order valence-corrected chi connectivity index (χ4v) is 4.91. The van der Waals surface area contributed by atoms with E-state index in [9.17, 15) is 14.4 Å². The van der Waals surface area contributed by atoms with Crippen molar-refractivity contribution >= 4 is 23.1 Å². The van der Waals surface area contributed by atoms with Gasteiger partial charge in [-0.25, -0.2) is 4.79 Å². The molecule has 0 saturated carbocycles. The summed E-state index contributed by atoms with van der Waals surface area (Å²) in [4.78, 5) is 40.5. The van der Waals surface area contributed by atoms with Crippen LogP contribution in [0.1, 0.15) is 88.6 Å². The van der Waals surface area contributed by atoms with Gasteiger partial charge in [-0.1, -0.05) is 131 Å². The van der Waals surface area contributed by atoms with Gasteiger partial charge in [0.05, 0.1) is 0 Å². The predicted molar refractivity (Wildman–Crippen MR) is 162 cm³/mol. The fourth-order valence-electron chi connectivity index (χ4n) is 4.91. The molecule has 0 radical (unpaired) electrons. The molecule has 212 valence electrons. The van der Waals surface area contributed by atoms with Crippen molar-refractivity contribution in [3.63, 3.8) is 0 Å². The summed E-state index contributed by atoms with van der Waals surface area (Å²) in [5.74, 6) is -1.10. The van der Waals surface area contributed by atoms with Gasteiger partial charge in [0.15, 0.2) is 5.76 Å². The molecule has 1 heterocycles. The van der Waals surface area contributed by atoms with E-state index < -0.39 is 33.8 Å². The molecule has 1 aromatic carbocycles. The van der Waals surface area contributed by atoms with Crippen molar-refractivity contribution in [3.8, 4) is 0 Å². The third-order valence-corrected chi connectivity index (χ3v) is 7.06. The first-order valence-corrected chi connectivity index (χ1v) is 13.9. The molecule has 0 bridgehead atoms. The van der Waals surface area contributed by atoms with Crippen LogP contribution in [0.3, 0.4) is 0 Å². The Bertz CT molecular complexity index is 1440. The maximum atomic E-state index is 13.8. The summed E-state index contributed by atoms with van der Waals surface area (Å²) in [5, 5.41) is 0. The van der Waals surface area contributed by atoms with E-state index in [1.54, 1.807) is 0 Å². The summed E-state index contributed by atoms with van der Waals surface area (Å²) in [5.41, 5.74) is 5.78. The smallest absolute Gasteiger partial charge is 0.340 e. The third kappa shape index (κ3) is 6.45. The highest BCUT2D eigenvalue weighted by molar-refractivity contribution is 6.51. The monoisotopic (exact) mass is 540 g/mol. The van der Waals surface area contributed by atoms with Gasteiger partial charge in [0, 0.05) is 27.9 Å². The SMILES string of the molecule is CC(C)(C)C1=CC=C(C(C)(C)C)C(=C=C(C2=C(C(C)(C)C)C(=O)C(=O)C(C(C)(C)C)=C2)c2ccccc2)OC1=O. The van der Waals surface area contributed by atoms with Gasteiger partial charge in [-0.3, -0.25) is 9.59 Å². The van der Waals surface area contributed by atoms with Crippen LogP contribution in [0.15, 0.2) is 87.9 Å². The Labute approximate surface area is 240 Å². The molecule has 0 spiro atoms. The second kappa shape index (κ2) is 10.5. The van der Waals surface area contributed by atoms with Gasteiger partial charge in [0.2, 0.25) is 11.6 Å². The minimum absolute atomic E-state index is 0.308. The molecule has 0 aromatic heterocycles. The van der Waals surface area contributed by atoms with Gasteiger partial charge in [0.1, 0.15) is 0 Å². The molecule has 0 atom stereocenters. The summed E-state index contributed by atoms with van der Waals surface area (Å²) in [6.45, 7) is 23.7. The molecule has 40 heavy (non-hydrogen) atoms. The Morgan fingerprint density at radius 3 is 1.60 bits per heavy atom. The maximum absolute atomic E-state index is 13.8. The van der Waals surface area contributed by atoms with E-state index in [4.69, 9.17) is 4.74 Å². The minimum Gasteiger partial charge on any atom is -0.414 e. The molecule has 1 aromatic rings. The Kier molecular flexibility index (Phi) is 8.14. The lowest BCUT2D eigenvalue weighted by atomic mass is 9.69. The van der Waals surface area contributed by atoms with E-state index in [0.29, 0.717) is 33.6 Å². The lowest BCUT2D eigenvalue weighted by Gasteiger charge is -2.32. The molecular weight excluding hydrogens is 496 g/mol. The van der Waals surface area contributed by atoms with Gasteiger partial charge >= 0.3 is 5.97 Å². The molecule has 4 nitrogen and oxygen atoms in total. The van der Waals surface area contributed by atoms with Gasteiger partial charge in [0.25, 0.3) is 0 Å². The Balaban J connectivity index is 2.56. The van der Waals surface area contributed by atoms with Crippen LogP contribution in [0, 0.1) is 21.7 Å². The molecule has 0 saturated heterocycles. The van der Waals surface area contributed by atoms with E-state index in [1.165, 1.54) is 0 Å². The first kappa shape index (κ1) is 31.0. The zero-order chi connectivity index (χ0) is 30.4. The first-order valence-electron chi connectivity index (χ1n) is 13.9. The number of hydrogen-bond donors (Lipinski definition) is 0. The van der Waals surface area contributed by atoms with Crippen LogP contribution in [0.2, 0.25) is 0 Å². The van der Waals surface area contributed by atoms with Crippen LogP contribution in [-0.2, 0) is 19.1 Å². The number of carbonyl (C=O) groups is 3. The quantitative estimate of drug-likeness (QED) is 0.163. The summed E-state index contributed by atoms with van der Waals surface area (Å²) in [7, 11) is 0. The maximum Gasteiger partial charge on any atom is 0.340 e. The van der Waals surface area contributed by atoms with Gasteiger partial charge in [-0.05, 0) is 38.9 Å². The fraction of sp³-hybridized carbons (Fsp3) is 0.444. The molecule has 1 aliphatic carbocycles. The molecule has 0 amide bonds. The minimum atomic E-state index is -0.627. The Morgan fingerprint density at radius 1 is 0.625 bits per heavy atom. The summed E-state index contributed by atoms with van der Waals surface area (Å²) < 4.78 is 6.11. The van der Waals surface area contributed by atoms with Gasteiger partial charge in [-0.15, -0.1) is 0 Å². The number of carbonyl (C=O) groups excluding carboxylic acids is 3. The Morgan fingerprint density at radius 2 is 1.12 bits per heavy atom. The number of ether oxygens (including phenoxy) is 1. The van der Waals surface area contributed by atoms with Crippen LogP contribution >= 0.6 is 0 Å². The third-order valence-electron chi connectivity index (χ3n) is 7.06. The predicted octanol–water partition coefficient (Wildman–Crippen LogP) is 8.52. The van der Waals surface area contributed by atoms with Gasteiger partial charge in [-0.2, -0.15) is 0 Å². The molecule has 3 rings (SSSR count). The van der Waals surface area contributed by atoms with Crippen molar-refractivity contribution in [3.05, 3.63) is 93.5 Å². The van der Waals surface area contributed by atoms with Crippen LogP contribution in [0.25, 0.3) is 5.57 Å². The van der Waals surface area contributed by atoms with E-state index in [1.807, 2.05) is 111 Å². The van der Waals surface area contributed by atoms with Crippen molar-refractivity contribution in [1.29, 1.82) is 0 Å². The zero-order valence-electron chi connectivity index (χ0n) is 26.3. The second-order valence-corrected chi connectivity index (χ2v) is 14.8. The average Bonchev–Trinajstić information content (AvgIpc) is 2.96. The van der Waals surface area contributed by atoms with Crippen LogP contribution in [-0.4, -0.2) is 17.5 Å². The molecule has 0 unspecified atom stereocenters. The molecule has 2 aliphatic rings. The number of rotatable bonds is 2. The lowest BCUT2D eigenvalue weighted by molar-refractivity contribution is -0.135. The summed E-state index contributed by atoms with van der Waals surface area (Å²) in [6.07, 6.45) is 5.64. The number of Topliss-reactive ketones (excluding diaryl/α,β-unsaturated/α-hetero) is 2. The second-order valence-electron chi connectivity index (χ2n) is 14.8. The van der Waals surface area contributed by atoms with Crippen molar-refractivity contribution in [2.45, 2.75) is 83.1 Å². The standard InChI is InChI=1S/C36H44O4/c1-33(2,3)25-18-19-26(34(4,5)6)32(39)40-28(25)21-23(22-16-14-13-15-17-22)24-20-27(35(7,8)9)30(37)31(38)29(24)36(10,11)12/h13-20H,1-12H3. The molecule has 0 fully saturated rings. The highest BCUT2D eigenvalue weighted by Gasteiger charge is 2.40. The van der Waals surface area contributed by atoms with Crippen molar-refractivity contribution < 1.29 is 19.1 Å². The lowest BCUT2D eigenvalue weighted by Crippen LogP contribution is -2.34. The number of allylic oxidation sites excluding steroid dienone is 7. The van der Waals surface area contributed by atoms with E-state index >= 15 is 0 Å². The number of cyclic esters (lactones) is 1. The van der Waals surface area contributed by atoms with E-state index in [-0.39, 0.29) is 5.41 Å². The number of esters is 1. The average molecular weight is 541 g/mol. The molecule has 4 heteroatoms. The summed E-state index contributed by atoms with van der Waals surface area (Å²) in [6, 6.07) is 9.65. The molecular formula is C36H44O4.